The van der Waals surface area contributed by atoms with Crippen LogP contribution in [-0.4, -0.2) is 70.8 Å². The number of rotatable bonds is 0. The Labute approximate surface area is 69.9 Å². The van der Waals surface area contributed by atoms with Crippen molar-refractivity contribution in [3.05, 3.63) is 0 Å². The molecule has 0 aromatic carbocycles. The van der Waals surface area contributed by atoms with Crippen molar-refractivity contribution in [1.29, 1.82) is 0 Å². The van der Waals surface area contributed by atoms with Gasteiger partial charge >= 0.3 is 48.9 Å². The monoisotopic (exact) mass is 212 g/mol. The van der Waals surface area contributed by atoms with Crippen molar-refractivity contribution in [2.24, 2.45) is 0 Å². The third kappa shape index (κ3) is 31.6. The summed E-state index contributed by atoms with van der Waals surface area (Å²) in [5.74, 6) is 0. The Kier molecular flexibility index (Phi) is 996. The van der Waals surface area contributed by atoms with Crippen molar-refractivity contribution < 1.29 is 21.9 Å². The fourth-order valence-electron chi connectivity index (χ4n) is 0. The zero-order valence-corrected chi connectivity index (χ0v) is 2.00. The van der Waals surface area contributed by atoms with Gasteiger partial charge < -0.3 is 21.9 Å². The van der Waals surface area contributed by atoms with Gasteiger partial charge in [-0.05, 0) is 0 Å². The molecule has 0 radical (unpaired) electrons. The van der Waals surface area contributed by atoms with E-state index in [4.69, 9.17) is 0 Å². The molecule has 0 aromatic heterocycles. The summed E-state index contributed by atoms with van der Waals surface area (Å²) in [6.07, 6.45) is 0. The van der Waals surface area contributed by atoms with Crippen LogP contribution < -0.4 is 0 Å². The van der Waals surface area contributed by atoms with Crippen molar-refractivity contribution >= 4 is 48.9 Å². The van der Waals surface area contributed by atoms with Crippen molar-refractivity contribution in [1.82, 2.24) is 0 Å². The molecule has 0 bridgehead atoms. The quantitative estimate of drug-likeness (QED) is 0.360. The Hall–Kier alpha value is 1.41. The summed E-state index contributed by atoms with van der Waals surface area (Å²) < 4.78 is 0. The molecule has 0 spiro atoms. The SMILES string of the molecule is O.O.O.O.[BaH2]. The molecule has 8 N–H and O–H groups in total. The predicted octanol–water partition coefficient (Wildman–Crippen LogP) is -4.21. The third-order valence-corrected chi connectivity index (χ3v) is 0. The van der Waals surface area contributed by atoms with E-state index < -0.39 is 0 Å². The third-order valence-electron chi connectivity index (χ3n) is 0. The molecule has 0 amide bonds. The summed E-state index contributed by atoms with van der Waals surface area (Å²) >= 11 is 0. The van der Waals surface area contributed by atoms with Crippen LogP contribution in [0.2, 0.25) is 0 Å². The van der Waals surface area contributed by atoms with Crippen LogP contribution in [0.15, 0.2) is 0 Å². The second-order valence-electron chi connectivity index (χ2n) is 0. The van der Waals surface area contributed by atoms with Crippen LogP contribution >= 0.6 is 0 Å². The van der Waals surface area contributed by atoms with Crippen molar-refractivity contribution in [2.45, 2.75) is 0 Å². The van der Waals surface area contributed by atoms with Crippen LogP contribution in [0.4, 0.5) is 0 Å². The molecule has 0 aliphatic heterocycles. The fraction of sp³-hybridized carbons (Fsp3) is 0. The number of hydrogen-bond donors (Lipinski definition) is 0. The van der Waals surface area contributed by atoms with Crippen molar-refractivity contribution in [3.63, 3.8) is 0 Å². The van der Waals surface area contributed by atoms with Crippen LogP contribution in [-0.2, 0) is 0 Å². The summed E-state index contributed by atoms with van der Waals surface area (Å²) in [5.41, 5.74) is 0. The molecule has 0 saturated heterocycles. The van der Waals surface area contributed by atoms with Gasteiger partial charge in [0.05, 0.1) is 0 Å². The Balaban J connectivity index is 0. The van der Waals surface area contributed by atoms with E-state index in [1.165, 1.54) is 0 Å². The van der Waals surface area contributed by atoms with Gasteiger partial charge in [-0.2, -0.15) is 0 Å². The van der Waals surface area contributed by atoms with Gasteiger partial charge in [-0.3, -0.25) is 0 Å². The van der Waals surface area contributed by atoms with Gasteiger partial charge in [0.2, 0.25) is 0 Å². The molecule has 0 fully saturated rings. The normalized spacial score (nSPS) is 0. The predicted molar refractivity (Wildman–Crippen MR) is 23.0 cm³/mol. The molecule has 0 saturated carbocycles. The minimum atomic E-state index is 0. The second-order valence-corrected chi connectivity index (χ2v) is 0. The second kappa shape index (κ2) is 52.9. The summed E-state index contributed by atoms with van der Waals surface area (Å²) in [4.78, 5) is 0. The Morgan fingerprint density at radius 3 is 0.400 bits per heavy atom. The van der Waals surface area contributed by atoms with Crippen LogP contribution in [0.25, 0.3) is 0 Å². The van der Waals surface area contributed by atoms with Gasteiger partial charge in [0.15, 0.2) is 0 Å². The van der Waals surface area contributed by atoms with Gasteiger partial charge in [-0.1, -0.05) is 0 Å². The Morgan fingerprint density at radius 2 is 0.400 bits per heavy atom. The maximum atomic E-state index is 0. The Morgan fingerprint density at radius 1 is 0.400 bits per heavy atom. The summed E-state index contributed by atoms with van der Waals surface area (Å²) in [5, 5.41) is 0. The van der Waals surface area contributed by atoms with Crippen LogP contribution in [0.5, 0.6) is 0 Å². The molecule has 36 valence electrons. The topological polar surface area (TPSA) is 126 Å². The standard InChI is InChI=1S/Ba.4H2O.2H/h;4*1H2;;. The summed E-state index contributed by atoms with van der Waals surface area (Å²) in [7, 11) is 0. The van der Waals surface area contributed by atoms with Gasteiger partial charge in [0.25, 0.3) is 0 Å². The van der Waals surface area contributed by atoms with E-state index in [2.05, 4.69) is 0 Å². The summed E-state index contributed by atoms with van der Waals surface area (Å²) in [6.45, 7) is 0. The van der Waals surface area contributed by atoms with Crippen LogP contribution in [0.1, 0.15) is 0 Å². The average molecular weight is 211 g/mol. The molecule has 0 aliphatic rings. The molecule has 0 atom stereocenters. The molecule has 0 heterocycles. The van der Waals surface area contributed by atoms with Gasteiger partial charge in [-0.15, -0.1) is 0 Å². The van der Waals surface area contributed by atoms with E-state index in [0.29, 0.717) is 0 Å². The Bertz CT molecular complexity index is 3.61. The van der Waals surface area contributed by atoms with Crippen molar-refractivity contribution in [3.8, 4) is 0 Å². The van der Waals surface area contributed by atoms with Crippen LogP contribution in [0.3, 0.4) is 0 Å². The molecular formula is H10BaO4. The first-order valence-corrected chi connectivity index (χ1v) is 0. The van der Waals surface area contributed by atoms with Gasteiger partial charge in [-0.25, -0.2) is 0 Å². The molecule has 5 heavy (non-hydrogen) atoms. The zero-order chi connectivity index (χ0) is 0. The molecule has 0 aromatic rings. The van der Waals surface area contributed by atoms with E-state index in [0.717, 1.165) is 0 Å². The molecular weight excluding hydrogens is 201 g/mol. The molecule has 0 unspecified atom stereocenters. The van der Waals surface area contributed by atoms with Gasteiger partial charge in [0.1, 0.15) is 0 Å². The van der Waals surface area contributed by atoms with Gasteiger partial charge in [0, 0.05) is 0 Å². The average Bonchev–Trinajstić information content (AvgIpc) is 0. The first-order chi connectivity index (χ1) is 0. The fourth-order valence-corrected chi connectivity index (χ4v) is 0. The van der Waals surface area contributed by atoms with E-state index in [1.54, 1.807) is 0 Å². The molecule has 4 nitrogen and oxygen atoms in total. The van der Waals surface area contributed by atoms with E-state index in [9.17, 15) is 0 Å². The van der Waals surface area contributed by atoms with Crippen molar-refractivity contribution in [2.75, 3.05) is 0 Å². The molecule has 0 aliphatic carbocycles. The molecule has 0 rings (SSSR count). The van der Waals surface area contributed by atoms with Crippen LogP contribution in [0, 0.1) is 0 Å². The first-order valence-electron chi connectivity index (χ1n) is 0. The summed E-state index contributed by atoms with van der Waals surface area (Å²) in [6, 6.07) is 0. The minimum absolute atomic E-state index is 0. The zero-order valence-electron chi connectivity index (χ0n) is 2.00. The molecule has 5 heteroatoms. The number of hydrogen-bond acceptors (Lipinski definition) is 0. The maximum absolute atomic E-state index is 0. The van der Waals surface area contributed by atoms with E-state index >= 15 is 0 Å². The first kappa shape index (κ1) is 94.2. The van der Waals surface area contributed by atoms with E-state index in [-0.39, 0.29) is 70.8 Å². The van der Waals surface area contributed by atoms with E-state index in [1.807, 2.05) is 0 Å².